The van der Waals surface area contributed by atoms with Crippen molar-refractivity contribution in [1.29, 1.82) is 0 Å². The molecule has 19 heavy (non-hydrogen) atoms. The second-order valence-corrected chi connectivity index (χ2v) is 6.77. The number of thiazole rings is 1. The van der Waals surface area contributed by atoms with Crippen molar-refractivity contribution in [1.82, 2.24) is 24.1 Å². The van der Waals surface area contributed by atoms with E-state index in [9.17, 15) is 0 Å². The van der Waals surface area contributed by atoms with Crippen LogP contribution < -0.4 is 5.32 Å². The van der Waals surface area contributed by atoms with Gasteiger partial charge < -0.3 is 5.32 Å². The number of hydrogen-bond donors (Lipinski definition) is 1. The van der Waals surface area contributed by atoms with Crippen molar-refractivity contribution in [2.24, 2.45) is 0 Å². The minimum absolute atomic E-state index is 0.814. The third kappa shape index (κ3) is 2.66. The maximum Gasteiger partial charge on any atom is 0.194 e. The van der Waals surface area contributed by atoms with Crippen LogP contribution in [-0.2, 0) is 6.54 Å². The van der Waals surface area contributed by atoms with Crippen molar-refractivity contribution in [2.75, 3.05) is 6.54 Å². The first kappa shape index (κ1) is 13.0. The Morgan fingerprint density at radius 2 is 2.32 bits per heavy atom. The Balaban J connectivity index is 1.94. The summed E-state index contributed by atoms with van der Waals surface area (Å²) < 4.78 is 7.30. The van der Waals surface area contributed by atoms with Crippen LogP contribution in [-0.4, -0.2) is 25.3 Å². The van der Waals surface area contributed by atoms with Crippen LogP contribution in [0.3, 0.4) is 0 Å². The van der Waals surface area contributed by atoms with Crippen LogP contribution in [0.15, 0.2) is 20.9 Å². The second-order valence-electron chi connectivity index (χ2n) is 3.91. The van der Waals surface area contributed by atoms with Gasteiger partial charge in [-0.3, -0.25) is 4.40 Å². The van der Waals surface area contributed by atoms with Crippen molar-refractivity contribution in [2.45, 2.75) is 29.8 Å². The lowest BCUT2D eigenvalue weighted by molar-refractivity contribution is 0.694. The van der Waals surface area contributed by atoms with Crippen molar-refractivity contribution in [3.63, 3.8) is 0 Å². The number of aromatic nitrogens is 4. The number of aryl methyl sites for hydroxylation is 1. The van der Waals surface area contributed by atoms with Gasteiger partial charge in [0.2, 0.25) is 0 Å². The standard InChI is InChI=1S/C11H13N5S3/c1-3-12-6-8-9(14-10-16(8)4-5-17-10)18-11-13-7(2)15-19-11/h4-5,12H,3,6H2,1-2H3. The molecule has 1 N–H and O–H groups in total. The smallest absolute Gasteiger partial charge is 0.194 e. The summed E-state index contributed by atoms with van der Waals surface area (Å²) in [5.41, 5.74) is 1.19. The van der Waals surface area contributed by atoms with Gasteiger partial charge in [-0.05, 0) is 36.8 Å². The van der Waals surface area contributed by atoms with Gasteiger partial charge in [0.1, 0.15) is 10.9 Å². The van der Waals surface area contributed by atoms with Crippen LogP contribution in [0.4, 0.5) is 0 Å². The highest BCUT2D eigenvalue weighted by molar-refractivity contribution is 8.00. The normalized spacial score (nSPS) is 11.5. The van der Waals surface area contributed by atoms with Crippen LogP contribution in [0.5, 0.6) is 0 Å². The zero-order chi connectivity index (χ0) is 13.2. The Kier molecular flexibility index (Phi) is 3.83. The summed E-state index contributed by atoms with van der Waals surface area (Å²) in [6.45, 7) is 5.77. The van der Waals surface area contributed by atoms with Gasteiger partial charge in [0.25, 0.3) is 0 Å². The summed E-state index contributed by atoms with van der Waals surface area (Å²) in [5, 5.41) is 6.44. The Morgan fingerprint density at radius 1 is 1.42 bits per heavy atom. The van der Waals surface area contributed by atoms with Crippen LogP contribution in [0.2, 0.25) is 0 Å². The largest absolute Gasteiger partial charge is 0.311 e. The number of nitrogens with zero attached hydrogens (tertiary/aromatic N) is 4. The van der Waals surface area contributed by atoms with E-state index in [0.717, 1.165) is 33.2 Å². The first-order valence-electron chi connectivity index (χ1n) is 5.91. The van der Waals surface area contributed by atoms with E-state index in [2.05, 4.69) is 42.6 Å². The van der Waals surface area contributed by atoms with E-state index in [1.807, 2.05) is 6.92 Å². The molecule has 5 nitrogen and oxygen atoms in total. The third-order valence-electron chi connectivity index (χ3n) is 2.56. The average Bonchev–Trinajstić information content (AvgIpc) is 3.05. The van der Waals surface area contributed by atoms with Crippen LogP contribution in [0, 0.1) is 6.92 Å². The maximum absolute atomic E-state index is 4.67. The molecule has 3 aromatic rings. The molecule has 0 aliphatic heterocycles. The molecule has 100 valence electrons. The average molecular weight is 311 g/mol. The van der Waals surface area contributed by atoms with Crippen molar-refractivity contribution in [3.8, 4) is 0 Å². The Hall–Kier alpha value is -0.960. The van der Waals surface area contributed by atoms with Crippen LogP contribution in [0.1, 0.15) is 18.4 Å². The maximum atomic E-state index is 4.67. The van der Waals surface area contributed by atoms with E-state index in [0.29, 0.717) is 0 Å². The SMILES string of the molecule is CCNCc1c(Sc2nc(C)ns2)nc2sccn12. The molecule has 0 amide bonds. The number of imidazole rings is 1. The summed E-state index contributed by atoms with van der Waals surface area (Å²) in [6, 6.07) is 0. The number of hydrogen-bond acceptors (Lipinski definition) is 7. The zero-order valence-corrected chi connectivity index (χ0v) is 13.0. The molecule has 3 aromatic heterocycles. The fourth-order valence-corrected chi connectivity index (χ4v) is 4.18. The summed E-state index contributed by atoms with van der Waals surface area (Å²) in [6.07, 6.45) is 2.06. The van der Waals surface area contributed by atoms with Gasteiger partial charge in [-0.15, -0.1) is 11.3 Å². The molecule has 3 heterocycles. The monoisotopic (exact) mass is 311 g/mol. The number of rotatable bonds is 5. The van der Waals surface area contributed by atoms with E-state index in [4.69, 9.17) is 0 Å². The molecule has 0 fully saturated rings. The molecule has 0 aliphatic rings. The fourth-order valence-electron chi connectivity index (χ4n) is 1.70. The Morgan fingerprint density at radius 3 is 3.05 bits per heavy atom. The second kappa shape index (κ2) is 5.58. The van der Waals surface area contributed by atoms with E-state index in [1.165, 1.54) is 17.2 Å². The molecular weight excluding hydrogens is 298 g/mol. The lowest BCUT2D eigenvalue weighted by atomic mass is 10.4. The van der Waals surface area contributed by atoms with E-state index < -0.39 is 0 Å². The van der Waals surface area contributed by atoms with E-state index in [-0.39, 0.29) is 0 Å². The highest BCUT2D eigenvalue weighted by Gasteiger charge is 2.15. The van der Waals surface area contributed by atoms with Crippen molar-refractivity contribution >= 4 is 39.6 Å². The summed E-state index contributed by atoms with van der Waals surface area (Å²) in [4.78, 5) is 10.1. The predicted octanol–water partition coefficient (Wildman–Crippen LogP) is 2.82. The van der Waals surface area contributed by atoms with Gasteiger partial charge >= 0.3 is 0 Å². The van der Waals surface area contributed by atoms with Crippen molar-refractivity contribution in [3.05, 3.63) is 23.1 Å². The molecule has 8 heteroatoms. The minimum atomic E-state index is 0.814. The van der Waals surface area contributed by atoms with Gasteiger partial charge in [0, 0.05) is 18.1 Å². The molecular formula is C11H13N5S3. The quantitative estimate of drug-likeness (QED) is 0.785. The molecule has 0 atom stereocenters. The lowest BCUT2D eigenvalue weighted by Gasteiger charge is -2.02. The molecule has 3 rings (SSSR count). The van der Waals surface area contributed by atoms with E-state index >= 15 is 0 Å². The highest BCUT2D eigenvalue weighted by Crippen LogP contribution is 2.32. The lowest BCUT2D eigenvalue weighted by Crippen LogP contribution is -2.13. The number of fused-ring (bicyclic) bond motifs is 1. The van der Waals surface area contributed by atoms with Crippen LogP contribution in [0.25, 0.3) is 4.96 Å². The van der Waals surface area contributed by atoms with Crippen LogP contribution >= 0.6 is 34.6 Å². The molecule has 0 saturated carbocycles. The molecule has 0 saturated heterocycles. The third-order valence-corrected chi connectivity index (χ3v) is 5.18. The molecule has 0 radical (unpaired) electrons. The topological polar surface area (TPSA) is 55.1 Å². The van der Waals surface area contributed by atoms with Crippen molar-refractivity contribution < 1.29 is 0 Å². The zero-order valence-electron chi connectivity index (χ0n) is 10.6. The Labute approximate surface area is 123 Å². The molecule has 0 bridgehead atoms. The summed E-state index contributed by atoms with van der Waals surface area (Å²) in [7, 11) is 0. The fraction of sp³-hybridized carbons (Fsp3) is 0.364. The van der Waals surface area contributed by atoms with Gasteiger partial charge in [0.15, 0.2) is 9.30 Å². The van der Waals surface area contributed by atoms with Gasteiger partial charge in [-0.2, -0.15) is 4.37 Å². The number of nitrogens with one attached hydrogen (secondary N) is 1. The summed E-state index contributed by atoms with van der Waals surface area (Å²) in [5.74, 6) is 0.821. The van der Waals surface area contributed by atoms with E-state index in [1.54, 1.807) is 23.1 Å². The van der Waals surface area contributed by atoms with Gasteiger partial charge in [0.05, 0.1) is 5.69 Å². The first-order valence-corrected chi connectivity index (χ1v) is 8.38. The molecule has 0 aromatic carbocycles. The Bertz CT molecular complexity index is 683. The summed E-state index contributed by atoms with van der Waals surface area (Å²) >= 11 is 4.67. The van der Waals surface area contributed by atoms with Gasteiger partial charge in [-0.25, -0.2) is 9.97 Å². The molecule has 0 unspecified atom stereocenters. The molecule has 0 spiro atoms. The highest BCUT2D eigenvalue weighted by atomic mass is 32.2. The minimum Gasteiger partial charge on any atom is -0.311 e. The predicted molar refractivity (Wildman–Crippen MR) is 79.2 cm³/mol. The molecule has 0 aliphatic carbocycles. The van der Waals surface area contributed by atoms with Gasteiger partial charge in [-0.1, -0.05) is 6.92 Å². The first-order chi connectivity index (χ1) is 9.28.